The summed E-state index contributed by atoms with van der Waals surface area (Å²) in [4.78, 5) is 10.6. The summed E-state index contributed by atoms with van der Waals surface area (Å²) in [5, 5.41) is 12.6. The average molecular weight is 182 g/mol. The van der Waals surface area contributed by atoms with Crippen molar-refractivity contribution in [3.8, 4) is 0 Å². The Bertz CT molecular complexity index is 315. The first-order chi connectivity index (χ1) is 6.00. The van der Waals surface area contributed by atoms with E-state index >= 15 is 0 Å². The molecule has 0 aliphatic heterocycles. The van der Waals surface area contributed by atoms with Gasteiger partial charge >= 0.3 is 5.97 Å². The molecule has 0 saturated heterocycles. The zero-order chi connectivity index (χ0) is 10.0. The fraction of sp³-hybridized carbons (Fsp3) is 0.556. The van der Waals surface area contributed by atoms with Crippen LogP contribution in [0.2, 0.25) is 0 Å². The van der Waals surface area contributed by atoms with Crippen molar-refractivity contribution in [3.05, 3.63) is 17.5 Å². The Morgan fingerprint density at radius 1 is 1.69 bits per heavy atom. The van der Waals surface area contributed by atoms with E-state index in [1.807, 2.05) is 6.92 Å². The van der Waals surface area contributed by atoms with Crippen LogP contribution in [0.4, 0.5) is 0 Å². The SMILES string of the molecule is Cc1cc(C(=O)O)nn1CC(C)C. The quantitative estimate of drug-likeness (QED) is 0.771. The summed E-state index contributed by atoms with van der Waals surface area (Å²) in [5.41, 5.74) is 1.02. The van der Waals surface area contributed by atoms with Gasteiger partial charge < -0.3 is 5.11 Å². The van der Waals surface area contributed by atoms with Crippen molar-refractivity contribution in [3.63, 3.8) is 0 Å². The number of carboxylic acids is 1. The first kappa shape index (κ1) is 9.77. The van der Waals surface area contributed by atoms with Gasteiger partial charge in [0.1, 0.15) is 0 Å². The van der Waals surface area contributed by atoms with Crippen LogP contribution in [0.25, 0.3) is 0 Å². The zero-order valence-corrected chi connectivity index (χ0v) is 8.11. The number of hydrogen-bond donors (Lipinski definition) is 1. The Hall–Kier alpha value is -1.32. The van der Waals surface area contributed by atoms with E-state index in [4.69, 9.17) is 5.11 Å². The molecule has 72 valence electrons. The van der Waals surface area contributed by atoms with Gasteiger partial charge in [-0.05, 0) is 18.9 Å². The van der Waals surface area contributed by atoms with Crippen LogP contribution >= 0.6 is 0 Å². The summed E-state index contributed by atoms with van der Waals surface area (Å²) in [6, 6.07) is 1.59. The van der Waals surface area contributed by atoms with Gasteiger partial charge in [0.05, 0.1) is 0 Å². The molecule has 0 unspecified atom stereocenters. The molecule has 4 nitrogen and oxygen atoms in total. The lowest BCUT2D eigenvalue weighted by atomic mass is 10.2. The van der Waals surface area contributed by atoms with Gasteiger partial charge in [0.25, 0.3) is 0 Å². The topological polar surface area (TPSA) is 55.1 Å². The Morgan fingerprint density at radius 3 is 2.69 bits per heavy atom. The minimum Gasteiger partial charge on any atom is -0.476 e. The number of aryl methyl sites for hydroxylation is 1. The second kappa shape index (κ2) is 3.60. The number of rotatable bonds is 3. The summed E-state index contributed by atoms with van der Waals surface area (Å²) >= 11 is 0. The molecule has 1 heterocycles. The second-order valence-corrected chi connectivity index (χ2v) is 3.55. The fourth-order valence-corrected chi connectivity index (χ4v) is 1.15. The number of aromatic carboxylic acids is 1. The van der Waals surface area contributed by atoms with Gasteiger partial charge in [0.2, 0.25) is 0 Å². The minimum atomic E-state index is -0.967. The number of nitrogens with zero attached hydrogens (tertiary/aromatic N) is 2. The molecular formula is C9H14N2O2. The molecule has 4 heteroatoms. The van der Waals surface area contributed by atoms with E-state index in [0.29, 0.717) is 5.92 Å². The van der Waals surface area contributed by atoms with Gasteiger partial charge in [-0.1, -0.05) is 13.8 Å². The molecule has 0 aromatic carbocycles. The molecule has 0 spiro atoms. The van der Waals surface area contributed by atoms with Gasteiger partial charge in [-0.15, -0.1) is 0 Å². The van der Waals surface area contributed by atoms with E-state index in [1.165, 1.54) is 0 Å². The molecule has 0 aliphatic rings. The molecule has 0 amide bonds. The maximum Gasteiger partial charge on any atom is 0.356 e. The predicted octanol–water partition coefficient (Wildman–Crippen LogP) is 1.55. The number of hydrogen-bond acceptors (Lipinski definition) is 2. The minimum absolute atomic E-state index is 0.123. The molecular weight excluding hydrogens is 168 g/mol. The lowest BCUT2D eigenvalue weighted by Gasteiger charge is -2.06. The molecule has 0 radical (unpaired) electrons. The van der Waals surface area contributed by atoms with Gasteiger partial charge in [0.15, 0.2) is 5.69 Å². The van der Waals surface area contributed by atoms with Crippen LogP contribution < -0.4 is 0 Å². The van der Waals surface area contributed by atoms with Gasteiger partial charge in [-0.25, -0.2) is 4.79 Å². The maximum atomic E-state index is 10.6. The van der Waals surface area contributed by atoms with Gasteiger partial charge in [-0.3, -0.25) is 4.68 Å². The van der Waals surface area contributed by atoms with Crippen LogP contribution in [0.1, 0.15) is 30.0 Å². The molecule has 0 saturated carbocycles. The normalized spacial score (nSPS) is 10.8. The van der Waals surface area contributed by atoms with Crippen molar-refractivity contribution in [1.29, 1.82) is 0 Å². The lowest BCUT2D eigenvalue weighted by Crippen LogP contribution is -2.08. The highest BCUT2D eigenvalue weighted by molar-refractivity contribution is 5.85. The number of aromatic nitrogens is 2. The van der Waals surface area contributed by atoms with Crippen LogP contribution in [-0.2, 0) is 6.54 Å². The van der Waals surface area contributed by atoms with E-state index in [-0.39, 0.29) is 5.69 Å². The highest BCUT2D eigenvalue weighted by atomic mass is 16.4. The Morgan fingerprint density at radius 2 is 2.31 bits per heavy atom. The molecule has 13 heavy (non-hydrogen) atoms. The lowest BCUT2D eigenvalue weighted by molar-refractivity contribution is 0.0689. The van der Waals surface area contributed by atoms with E-state index < -0.39 is 5.97 Å². The smallest absolute Gasteiger partial charge is 0.356 e. The van der Waals surface area contributed by atoms with Crippen LogP contribution in [0.5, 0.6) is 0 Å². The molecule has 0 atom stereocenters. The van der Waals surface area contributed by atoms with Crippen molar-refractivity contribution in [2.45, 2.75) is 27.3 Å². The largest absolute Gasteiger partial charge is 0.476 e. The maximum absolute atomic E-state index is 10.6. The second-order valence-electron chi connectivity index (χ2n) is 3.55. The third kappa shape index (κ3) is 2.31. The van der Waals surface area contributed by atoms with E-state index in [9.17, 15) is 4.79 Å². The Balaban J connectivity index is 2.90. The first-order valence-electron chi connectivity index (χ1n) is 4.28. The van der Waals surface area contributed by atoms with Crippen LogP contribution in [-0.4, -0.2) is 20.9 Å². The van der Waals surface area contributed by atoms with Crippen LogP contribution in [0, 0.1) is 12.8 Å². The summed E-state index contributed by atoms with van der Waals surface area (Å²) in [5.74, 6) is -0.495. The van der Waals surface area contributed by atoms with Crippen molar-refractivity contribution in [2.24, 2.45) is 5.92 Å². The molecule has 1 aromatic heterocycles. The molecule has 1 rings (SSSR count). The molecule has 1 aromatic rings. The van der Waals surface area contributed by atoms with Crippen molar-refractivity contribution < 1.29 is 9.90 Å². The first-order valence-corrected chi connectivity index (χ1v) is 4.28. The summed E-state index contributed by atoms with van der Waals surface area (Å²) in [7, 11) is 0. The summed E-state index contributed by atoms with van der Waals surface area (Å²) in [6.45, 7) is 6.77. The van der Waals surface area contributed by atoms with Crippen molar-refractivity contribution in [2.75, 3.05) is 0 Å². The van der Waals surface area contributed by atoms with E-state index in [0.717, 1.165) is 12.2 Å². The highest BCUT2D eigenvalue weighted by Gasteiger charge is 2.10. The van der Waals surface area contributed by atoms with E-state index in [1.54, 1.807) is 10.7 Å². The average Bonchev–Trinajstić information content (AvgIpc) is 2.31. The van der Waals surface area contributed by atoms with Gasteiger partial charge in [-0.2, -0.15) is 5.10 Å². The van der Waals surface area contributed by atoms with Crippen molar-refractivity contribution in [1.82, 2.24) is 9.78 Å². The number of carbonyl (C=O) groups is 1. The predicted molar refractivity (Wildman–Crippen MR) is 48.8 cm³/mol. The molecule has 0 aliphatic carbocycles. The Kier molecular flexibility index (Phi) is 2.70. The summed E-state index contributed by atoms with van der Waals surface area (Å²) < 4.78 is 1.73. The standard InChI is InChI=1S/C9H14N2O2/c1-6(2)5-11-7(3)4-8(10-11)9(12)13/h4,6H,5H2,1-3H3,(H,12,13). The Labute approximate surface area is 77.2 Å². The molecule has 1 N–H and O–H groups in total. The zero-order valence-electron chi connectivity index (χ0n) is 8.11. The summed E-state index contributed by atoms with van der Waals surface area (Å²) in [6.07, 6.45) is 0. The monoisotopic (exact) mass is 182 g/mol. The van der Waals surface area contributed by atoms with Crippen LogP contribution in [0.3, 0.4) is 0 Å². The fourth-order valence-electron chi connectivity index (χ4n) is 1.15. The third-order valence-electron chi connectivity index (χ3n) is 1.74. The van der Waals surface area contributed by atoms with Crippen LogP contribution in [0.15, 0.2) is 6.07 Å². The highest BCUT2D eigenvalue weighted by Crippen LogP contribution is 2.06. The van der Waals surface area contributed by atoms with Gasteiger partial charge in [0, 0.05) is 12.2 Å². The van der Waals surface area contributed by atoms with E-state index in [2.05, 4.69) is 18.9 Å². The molecule has 0 fully saturated rings. The molecule has 0 bridgehead atoms. The number of carboxylic acid groups (broad SMARTS) is 1. The van der Waals surface area contributed by atoms with Crippen molar-refractivity contribution >= 4 is 5.97 Å². The third-order valence-corrected chi connectivity index (χ3v) is 1.74.